The van der Waals surface area contributed by atoms with Gasteiger partial charge in [-0.05, 0) is 62.2 Å². The van der Waals surface area contributed by atoms with Crippen LogP contribution in [0.3, 0.4) is 0 Å². The zero-order chi connectivity index (χ0) is 24.0. The van der Waals surface area contributed by atoms with Crippen molar-refractivity contribution in [2.45, 2.75) is 73.9 Å². The summed E-state index contributed by atoms with van der Waals surface area (Å²) in [6, 6.07) is 11.8. The number of hydrogen-bond donors (Lipinski definition) is 1. The Morgan fingerprint density at radius 2 is 1.78 bits per heavy atom. The fourth-order valence-electron chi connectivity index (χ4n) is 2.65. The van der Waals surface area contributed by atoms with Crippen LogP contribution in [0.2, 0.25) is 5.02 Å². The lowest BCUT2D eigenvalue weighted by atomic mass is 10.2. The Morgan fingerprint density at radius 3 is 2.47 bits per heavy atom. The molecular weight excluding hydrogens is 418 g/mol. The van der Waals surface area contributed by atoms with Crippen molar-refractivity contribution in [3.05, 3.63) is 64.6 Å². The molecule has 1 aromatic heterocycles. The van der Waals surface area contributed by atoms with Crippen molar-refractivity contribution >= 4 is 23.6 Å². The van der Waals surface area contributed by atoms with Gasteiger partial charge in [0.15, 0.2) is 0 Å². The van der Waals surface area contributed by atoms with E-state index >= 15 is 0 Å². The SMILES string of the molecule is CC.CC.CCC=NCC/C=C\CCn1nc(NCc2cccc(Cl)c2)ccc1=NCC. The first-order valence-electron chi connectivity index (χ1n) is 11.9. The molecule has 0 radical (unpaired) electrons. The van der Waals surface area contributed by atoms with Crippen LogP contribution in [-0.2, 0) is 13.1 Å². The predicted molar refractivity (Wildman–Crippen MR) is 142 cm³/mol. The molecule has 0 unspecified atom stereocenters. The van der Waals surface area contributed by atoms with E-state index in [1.807, 2.05) is 81.9 Å². The smallest absolute Gasteiger partial charge is 0.146 e. The quantitative estimate of drug-likeness (QED) is 0.225. The Hall–Kier alpha value is -2.40. The van der Waals surface area contributed by atoms with E-state index in [4.69, 9.17) is 16.7 Å². The summed E-state index contributed by atoms with van der Waals surface area (Å²) in [6.07, 6.45) is 9.23. The standard InChI is InChI=1S/C22H30ClN5.2C2H6/c1-3-14-24-15-7-5-6-8-16-28-22(25-4-2)13-12-21(27-28)26-18-19-10-9-11-20(23)17-19;2*1-2/h5-6,9-14,17H,3-4,7-8,15-16,18H2,1-2H3,(H,26,27);2*1-2H3/b6-5-,24-14?,25-22?;;. The summed E-state index contributed by atoms with van der Waals surface area (Å²) in [7, 11) is 0. The number of anilines is 1. The number of aliphatic imine (C=N–C) groups is 1. The van der Waals surface area contributed by atoms with Gasteiger partial charge in [-0.2, -0.15) is 5.10 Å². The van der Waals surface area contributed by atoms with Crippen LogP contribution >= 0.6 is 11.6 Å². The molecule has 0 amide bonds. The molecule has 0 aliphatic rings. The van der Waals surface area contributed by atoms with Crippen LogP contribution in [-0.4, -0.2) is 29.1 Å². The Labute approximate surface area is 200 Å². The first-order chi connectivity index (χ1) is 15.7. The highest BCUT2D eigenvalue weighted by molar-refractivity contribution is 6.30. The molecule has 0 atom stereocenters. The number of hydrogen-bond acceptors (Lipinski definition) is 4. The van der Waals surface area contributed by atoms with Crippen LogP contribution in [0.5, 0.6) is 0 Å². The zero-order valence-electron chi connectivity index (χ0n) is 20.8. The molecule has 0 saturated heterocycles. The van der Waals surface area contributed by atoms with Crippen LogP contribution in [0.15, 0.2) is 58.5 Å². The van der Waals surface area contributed by atoms with Crippen molar-refractivity contribution in [3.8, 4) is 0 Å². The van der Waals surface area contributed by atoms with Crippen molar-refractivity contribution in [2.24, 2.45) is 9.98 Å². The lowest BCUT2D eigenvalue weighted by Gasteiger charge is -2.10. The number of halogens is 1. The molecule has 1 heterocycles. The van der Waals surface area contributed by atoms with E-state index in [9.17, 15) is 0 Å². The molecule has 0 aliphatic carbocycles. The fourth-order valence-corrected chi connectivity index (χ4v) is 2.86. The van der Waals surface area contributed by atoms with Crippen LogP contribution < -0.4 is 10.8 Å². The van der Waals surface area contributed by atoms with Crippen molar-refractivity contribution in [2.75, 3.05) is 18.4 Å². The van der Waals surface area contributed by atoms with Gasteiger partial charge in [0.1, 0.15) is 11.3 Å². The summed E-state index contributed by atoms with van der Waals surface area (Å²) < 4.78 is 1.96. The molecule has 6 heteroatoms. The molecule has 2 aromatic rings. The normalized spacial score (nSPS) is 11.2. The fraction of sp³-hybridized carbons (Fsp3) is 0.500. The highest BCUT2D eigenvalue weighted by atomic mass is 35.5. The summed E-state index contributed by atoms with van der Waals surface area (Å²) >= 11 is 6.05. The van der Waals surface area contributed by atoms with Crippen molar-refractivity contribution in [3.63, 3.8) is 0 Å². The predicted octanol–water partition coefficient (Wildman–Crippen LogP) is 6.94. The highest BCUT2D eigenvalue weighted by Crippen LogP contribution is 2.12. The van der Waals surface area contributed by atoms with Crippen LogP contribution in [0.4, 0.5) is 5.82 Å². The van der Waals surface area contributed by atoms with Gasteiger partial charge in [-0.15, -0.1) is 0 Å². The summed E-state index contributed by atoms with van der Waals surface area (Å²) in [5.74, 6) is 0.827. The average Bonchev–Trinajstić information content (AvgIpc) is 2.83. The number of aryl methyl sites for hydroxylation is 1. The lowest BCUT2D eigenvalue weighted by molar-refractivity contribution is 0.573. The molecular formula is C26H42ClN5. The van der Waals surface area contributed by atoms with Gasteiger partial charge in [0.05, 0.1) is 0 Å². The molecule has 0 aliphatic heterocycles. The van der Waals surface area contributed by atoms with E-state index in [1.165, 1.54) is 0 Å². The third-order valence-electron chi connectivity index (χ3n) is 3.98. The maximum atomic E-state index is 6.05. The topological polar surface area (TPSA) is 54.6 Å². The van der Waals surface area contributed by atoms with Crippen molar-refractivity contribution in [1.82, 2.24) is 9.78 Å². The number of allylic oxidation sites excluding steroid dienone is 1. The van der Waals surface area contributed by atoms with Crippen molar-refractivity contribution < 1.29 is 0 Å². The Morgan fingerprint density at radius 1 is 1.03 bits per heavy atom. The summed E-state index contributed by atoms with van der Waals surface area (Å²) in [5, 5.41) is 8.81. The summed E-state index contributed by atoms with van der Waals surface area (Å²) in [6.45, 7) is 15.2. The molecule has 0 saturated carbocycles. The molecule has 2 rings (SSSR count). The number of nitrogens with zero attached hydrogens (tertiary/aromatic N) is 4. The lowest BCUT2D eigenvalue weighted by Crippen LogP contribution is -2.24. The van der Waals surface area contributed by atoms with E-state index in [0.29, 0.717) is 6.54 Å². The maximum Gasteiger partial charge on any atom is 0.146 e. The van der Waals surface area contributed by atoms with Gasteiger partial charge in [0.25, 0.3) is 0 Å². The minimum absolute atomic E-state index is 0.677. The Balaban J connectivity index is 0.00000227. The van der Waals surface area contributed by atoms with E-state index < -0.39 is 0 Å². The van der Waals surface area contributed by atoms with Gasteiger partial charge in [-0.3, -0.25) is 9.98 Å². The first-order valence-corrected chi connectivity index (χ1v) is 12.3. The average molecular weight is 460 g/mol. The Bertz CT molecular complexity index is 840. The molecule has 1 N–H and O–H groups in total. The van der Waals surface area contributed by atoms with Gasteiger partial charge in [-0.25, -0.2) is 4.68 Å². The van der Waals surface area contributed by atoms with E-state index in [2.05, 4.69) is 34.4 Å². The largest absolute Gasteiger partial charge is 0.365 e. The van der Waals surface area contributed by atoms with Gasteiger partial charge in [-0.1, -0.05) is 70.5 Å². The maximum absolute atomic E-state index is 6.05. The zero-order valence-corrected chi connectivity index (χ0v) is 21.6. The van der Waals surface area contributed by atoms with E-state index in [-0.39, 0.29) is 0 Å². The van der Waals surface area contributed by atoms with Crippen LogP contribution in [0.25, 0.3) is 0 Å². The number of rotatable bonds is 11. The summed E-state index contributed by atoms with van der Waals surface area (Å²) in [5.41, 5.74) is 2.02. The Kier molecular flexibility index (Phi) is 19.0. The van der Waals surface area contributed by atoms with E-state index in [0.717, 1.165) is 60.8 Å². The van der Waals surface area contributed by atoms with Crippen LogP contribution in [0.1, 0.15) is 66.4 Å². The molecule has 0 fully saturated rings. The van der Waals surface area contributed by atoms with Gasteiger partial charge in [0, 0.05) is 31.2 Å². The third-order valence-corrected chi connectivity index (χ3v) is 4.21. The van der Waals surface area contributed by atoms with Gasteiger partial charge < -0.3 is 5.32 Å². The van der Waals surface area contributed by atoms with Crippen LogP contribution in [0, 0.1) is 0 Å². The number of benzene rings is 1. The highest BCUT2D eigenvalue weighted by Gasteiger charge is 2.00. The second kappa shape index (κ2) is 20.5. The molecule has 32 heavy (non-hydrogen) atoms. The van der Waals surface area contributed by atoms with Gasteiger partial charge >= 0.3 is 0 Å². The second-order valence-electron chi connectivity index (χ2n) is 6.30. The summed E-state index contributed by atoms with van der Waals surface area (Å²) in [4.78, 5) is 8.86. The molecule has 1 aromatic carbocycles. The molecule has 0 spiro atoms. The minimum Gasteiger partial charge on any atom is -0.365 e. The number of nitrogens with one attached hydrogen (secondary N) is 1. The minimum atomic E-state index is 0.677. The van der Waals surface area contributed by atoms with Gasteiger partial charge in [0.2, 0.25) is 0 Å². The van der Waals surface area contributed by atoms with Crippen molar-refractivity contribution in [1.29, 1.82) is 0 Å². The second-order valence-corrected chi connectivity index (χ2v) is 6.74. The molecule has 5 nitrogen and oxygen atoms in total. The molecule has 178 valence electrons. The first kappa shape index (κ1) is 29.6. The van der Waals surface area contributed by atoms with E-state index in [1.54, 1.807) is 0 Å². The number of aromatic nitrogens is 2. The monoisotopic (exact) mass is 459 g/mol. The third kappa shape index (κ3) is 13.1. The molecule has 0 bridgehead atoms.